The first-order valence-electron chi connectivity index (χ1n) is 7.06. The Bertz CT molecular complexity index is 391. The zero-order chi connectivity index (χ0) is 13.0. The van der Waals surface area contributed by atoms with Crippen LogP contribution in [0.15, 0.2) is 6.33 Å². The average molecular weight is 248 g/mol. The van der Waals surface area contributed by atoms with Gasteiger partial charge in [-0.15, -0.1) is 0 Å². The van der Waals surface area contributed by atoms with Gasteiger partial charge < -0.3 is 10.2 Å². The summed E-state index contributed by atoms with van der Waals surface area (Å²) >= 11 is 0. The predicted octanol–water partition coefficient (Wildman–Crippen LogP) is 2.71. The molecule has 0 aliphatic carbocycles. The maximum absolute atomic E-state index is 4.53. The van der Waals surface area contributed by atoms with Gasteiger partial charge in [-0.3, -0.25) is 0 Å². The molecule has 2 heterocycles. The van der Waals surface area contributed by atoms with Crippen LogP contribution in [0.3, 0.4) is 0 Å². The van der Waals surface area contributed by atoms with Gasteiger partial charge in [0.25, 0.3) is 0 Å². The van der Waals surface area contributed by atoms with Crippen molar-refractivity contribution < 1.29 is 0 Å². The summed E-state index contributed by atoms with van der Waals surface area (Å²) in [6.45, 7) is 6.76. The Kier molecular flexibility index (Phi) is 4.39. The molecule has 1 aromatic rings. The van der Waals surface area contributed by atoms with Gasteiger partial charge in [0.05, 0.1) is 0 Å². The number of nitrogens with zero attached hydrogens (tertiary/aromatic N) is 3. The minimum absolute atomic E-state index is 0.826. The Morgan fingerprint density at radius 1 is 1.39 bits per heavy atom. The molecule has 18 heavy (non-hydrogen) atoms. The van der Waals surface area contributed by atoms with Crippen molar-refractivity contribution in [3.05, 3.63) is 11.9 Å². The van der Waals surface area contributed by atoms with E-state index in [2.05, 4.69) is 34.0 Å². The maximum atomic E-state index is 4.53. The van der Waals surface area contributed by atoms with Crippen LogP contribution in [-0.4, -0.2) is 30.1 Å². The standard InChI is InChI=1S/C14H24N4/c1-4-6-12-13(15-3)16-10-17-14(12)18-8-7-11(5-2)9-18/h10-11H,4-9H2,1-3H3,(H,15,16,17). The Hall–Kier alpha value is -1.32. The van der Waals surface area contributed by atoms with E-state index in [1.165, 1.54) is 18.4 Å². The van der Waals surface area contributed by atoms with E-state index in [-0.39, 0.29) is 0 Å². The molecular formula is C14H24N4. The monoisotopic (exact) mass is 248 g/mol. The van der Waals surface area contributed by atoms with Crippen LogP contribution >= 0.6 is 0 Å². The van der Waals surface area contributed by atoms with Crippen LogP contribution in [-0.2, 0) is 6.42 Å². The molecule has 0 bridgehead atoms. The van der Waals surface area contributed by atoms with Crippen molar-refractivity contribution in [1.29, 1.82) is 0 Å². The molecular weight excluding hydrogens is 224 g/mol. The van der Waals surface area contributed by atoms with Crippen molar-refractivity contribution in [3.8, 4) is 0 Å². The van der Waals surface area contributed by atoms with E-state index in [9.17, 15) is 0 Å². The van der Waals surface area contributed by atoms with E-state index in [1.54, 1.807) is 6.33 Å². The normalized spacial score (nSPS) is 19.3. The Balaban J connectivity index is 2.26. The molecule has 1 aliphatic heterocycles. The first kappa shape index (κ1) is 13.1. The smallest absolute Gasteiger partial charge is 0.137 e. The molecule has 0 spiro atoms. The van der Waals surface area contributed by atoms with Gasteiger partial charge in [-0.1, -0.05) is 26.7 Å². The number of anilines is 2. The number of nitrogens with one attached hydrogen (secondary N) is 1. The molecule has 1 atom stereocenters. The molecule has 1 N–H and O–H groups in total. The van der Waals surface area contributed by atoms with Crippen molar-refractivity contribution in [2.24, 2.45) is 5.92 Å². The number of rotatable bonds is 5. The second-order valence-electron chi connectivity index (χ2n) is 5.03. The number of hydrogen-bond acceptors (Lipinski definition) is 4. The van der Waals surface area contributed by atoms with Crippen LogP contribution < -0.4 is 10.2 Å². The van der Waals surface area contributed by atoms with Crippen LogP contribution in [0.2, 0.25) is 0 Å². The van der Waals surface area contributed by atoms with Crippen LogP contribution in [0.25, 0.3) is 0 Å². The van der Waals surface area contributed by atoms with Gasteiger partial charge in [-0.2, -0.15) is 0 Å². The van der Waals surface area contributed by atoms with Gasteiger partial charge >= 0.3 is 0 Å². The van der Waals surface area contributed by atoms with Crippen molar-refractivity contribution in [1.82, 2.24) is 9.97 Å². The quantitative estimate of drug-likeness (QED) is 0.870. The first-order valence-corrected chi connectivity index (χ1v) is 7.06. The van der Waals surface area contributed by atoms with Crippen molar-refractivity contribution in [2.75, 3.05) is 30.4 Å². The minimum Gasteiger partial charge on any atom is -0.373 e. The van der Waals surface area contributed by atoms with Crippen LogP contribution in [0.5, 0.6) is 0 Å². The van der Waals surface area contributed by atoms with E-state index < -0.39 is 0 Å². The molecule has 2 rings (SSSR count). The lowest BCUT2D eigenvalue weighted by molar-refractivity contribution is 0.568. The molecule has 1 unspecified atom stereocenters. The second kappa shape index (κ2) is 6.03. The lowest BCUT2D eigenvalue weighted by atomic mass is 10.1. The summed E-state index contributed by atoms with van der Waals surface area (Å²) in [7, 11) is 1.93. The van der Waals surface area contributed by atoms with Crippen LogP contribution in [0.1, 0.15) is 38.7 Å². The highest BCUT2D eigenvalue weighted by molar-refractivity contribution is 5.59. The van der Waals surface area contributed by atoms with Crippen molar-refractivity contribution in [2.45, 2.75) is 39.5 Å². The Labute approximate surface area is 110 Å². The maximum Gasteiger partial charge on any atom is 0.137 e. The highest BCUT2D eigenvalue weighted by atomic mass is 15.2. The van der Waals surface area contributed by atoms with Gasteiger partial charge in [0.2, 0.25) is 0 Å². The molecule has 0 saturated carbocycles. The summed E-state index contributed by atoms with van der Waals surface area (Å²) in [5, 5.41) is 3.19. The topological polar surface area (TPSA) is 41.1 Å². The zero-order valence-electron chi connectivity index (χ0n) is 11.7. The molecule has 1 aliphatic rings. The van der Waals surface area contributed by atoms with Gasteiger partial charge in [-0.05, 0) is 18.8 Å². The first-order chi connectivity index (χ1) is 8.80. The third-order valence-corrected chi connectivity index (χ3v) is 3.82. The molecule has 0 aromatic carbocycles. The molecule has 4 heteroatoms. The summed E-state index contributed by atoms with van der Waals surface area (Å²) in [5.74, 6) is 2.96. The fraction of sp³-hybridized carbons (Fsp3) is 0.714. The third-order valence-electron chi connectivity index (χ3n) is 3.82. The highest BCUT2D eigenvalue weighted by Gasteiger charge is 2.24. The highest BCUT2D eigenvalue weighted by Crippen LogP contribution is 2.30. The van der Waals surface area contributed by atoms with Crippen LogP contribution in [0.4, 0.5) is 11.6 Å². The lowest BCUT2D eigenvalue weighted by Gasteiger charge is -2.21. The van der Waals surface area contributed by atoms with Gasteiger partial charge in [0.15, 0.2) is 0 Å². The third kappa shape index (κ3) is 2.57. The van der Waals surface area contributed by atoms with Gasteiger partial charge in [-0.25, -0.2) is 9.97 Å². The summed E-state index contributed by atoms with van der Waals surface area (Å²) < 4.78 is 0. The van der Waals surface area contributed by atoms with E-state index in [0.717, 1.165) is 43.5 Å². The average Bonchev–Trinajstić information content (AvgIpc) is 2.88. The van der Waals surface area contributed by atoms with E-state index >= 15 is 0 Å². The molecule has 100 valence electrons. The molecule has 1 aromatic heterocycles. The Morgan fingerprint density at radius 3 is 2.83 bits per heavy atom. The number of aromatic nitrogens is 2. The summed E-state index contributed by atoms with van der Waals surface area (Å²) in [6, 6.07) is 0. The van der Waals surface area contributed by atoms with E-state index in [1.807, 2.05) is 7.05 Å². The number of hydrogen-bond donors (Lipinski definition) is 1. The van der Waals surface area contributed by atoms with Crippen molar-refractivity contribution >= 4 is 11.6 Å². The zero-order valence-corrected chi connectivity index (χ0v) is 11.7. The van der Waals surface area contributed by atoms with E-state index in [4.69, 9.17) is 0 Å². The SMILES string of the molecule is CCCc1c(NC)ncnc1N1CCC(CC)C1. The summed E-state index contributed by atoms with van der Waals surface area (Å²) in [4.78, 5) is 11.3. The molecule has 0 radical (unpaired) electrons. The summed E-state index contributed by atoms with van der Waals surface area (Å²) in [6.07, 6.45) is 6.41. The largest absolute Gasteiger partial charge is 0.373 e. The molecule has 1 saturated heterocycles. The lowest BCUT2D eigenvalue weighted by Crippen LogP contribution is -2.23. The van der Waals surface area contributed by atoms with Crippen LogP contribution in [0, 0.1) is 5.92 Å². The van der Waals surface area contributed by atoms with Gasteiger partial charge in [0.1, 0.15) is 18.0 Å². The summed E-state index contributed by atoms with van der Waals surface area (Å²) in [5.41, 5.74) is 1.28. The predicted molar refractivity (Wildman–Crippen MR) is 76.2 cm³/mol. The molecule has 1 fully saturated rings. The van der Waals surface area contributed by atoms with E-state index in [0.29, 0.717) is 0 Å². The second-order valence-corrected chi connectivity index (χ2v) is 5.03. The fourth-order valence-corrected chi connectivity index (χ4v) is 2.73. The Morgan fingerprint density at radius 2 is 2.22 bits per heavy atom. The van der Waals surface area contributed by atoms with Crippen molar-refractivity contribution in [3.63, 3.8) is 0 Å². The minimum atomic E-state index is 0.826. The fourth-order valence-electron chi connectivity index (χ4n) is 2.73. The molecule has 4 nitrogen and oxygen atoms in total. The van der Waals surface area contributed by atoms with Gasteiger partial charge in [0, 0.05) is 25.7 Å². The molecule has 0 amide bonds.